The number of piperidine rings is 1. The molecule has 0 bridgehead atoms. The average molecular weight is 516 g/mol. The summed E-state index contributed by atoms with van der Waals surface area (Å²) < 4.78 is 29.6. The summed E-state index contributed by atoms with van der Waals surface area (Å²) in [6, 6.07) is 3.30. The molecule has 0 unspecified atom stereocenters. The van der Waals surface area contributed by atoms with Crippen molar-refractivity contribution in [3.05, 3.63) is 46.0 Å². The number of nitrogens with zero attached hydrogens (tertiary/aromatic N) is 5. The van der Waals surface area contributed by atoms with Crippen molar-refractivity contribution in [2.75, 3.05) is 44.2 Å². The first-order valence-electron chi connectivity index (χ1n) is 13.2. The van der Waals surface area contributed by atoms with Gasteiger partial charge in [0.15, 0.2) is 5.69 Å². The Labute approximate surface area is 215 Å². The van der Waals surface area contributed by atoms with Crippen molar-refractivity contribution >= 4 is 17.5 Å². The quantitative estimate of drug-likeness (QED) is 0.677. The predicted octanol–water partition coefficient (Wildman–Crippen LogP) is 2.41. The molecule has 200 valence electrons. The Morgan fingerprint density at radius 1 is 1.03 bits per heavy atom. The molecular formula is C27H35F2N5O3. The van der Waals surface area contributed by atoms with Crippen molar-refractivity contribution in [3.63, 3.8) is 0 Å². The number of aromatic nitrogens is 2. The van der Waals surface area contributed by atoms with Crippen LogP contribution in [0.4, 0.5) is 14.5 Å². The maximum Gasteiger partial charge on any atom is 0.274 e. The molecule has 10 heteroatoms. The second kappa shape index (κ2) is 10.4. The number of aliphatic hydroxyl groups is 1. The number of likely N-dealkylation sites (tertiary alicyclic amines) is 1. The highest BCUT2D eigenvalue weighted by Gasteiger charge is 2.34. The van der Waals surface area contributed by atoms with Crippen LogP contribution in [-0.4, -0.2) is 88.0 Å². The highest BCUT2D eigenvalue weighted by atomic mass is 19.1. The Hall–Kier alpha value is -3.01. The summed E-state index contributed by atoms with van der Waals surface area (Å²) in [6.45, 7) is 6.33. The molecule has 1 aromatic heterocycles. The third kappa shape index (κ3) is 4.95. The van der Waals surface area contributed by atoms with Crippen LogP contribution in [0, 0.1) is 19.7 Å². The van der Waals surface area contributed by atoms with Crippen molar-refractivity contribution in [3.8, 4) is 0 Å². The highest BCUT2D eigenvalue weighted by molar-refractivity contribution is 5.94. The van der Waals surface area contributed by atoms with Crippen molar-refractivity contribution in [2.24, 2.45) is 0 Å². The lowest BCUT2D eigenvalue weighted by Gasteiger charge is -2.37. The molecule has 2 atom stereocenters. The maximum absolute atomic E-state index is 14.1. The number of aliphatic hydroxyl groups excluding tert-OH is 1. The molecule has 1 aromatic carbocycles. The number of alkyl halides is 1. The van der Waals surface area contributed by atoms with Crippen molar-refractivity contribution in [1.82, 2.24) is 19.6 Å². The maximum atomic E-state index is 14.1. The zero-order valence-electron chi connectivity index (χ0n) is 21.6. The number of amides is 2. The van der Waals surface area contributed by atoms with E-state index in [9.17, 15) is 23.5 Å². The van der Waals surface area contributed by atoms with Gasteiger partial charge in [-0.2, -0.15) is 5.10 Å². The minimum absolute atomic E-state index is 0.0496. The molecule has 0 saturated carbocycles. The van der Waals surface area contributed by atoms with E-state index in [1.165, 1.54) is 11.0 Å². The minimum Gasteiger partial charge on any atom is -0.390 e. The average Bonchev–Trinajstić information content (AvgIpc) is 3.27. The summed E-state index contributed by atoms with van der Waals surface area (Å²) in [5.74, 6) is -0.582. The minimum atomic E-state index is -1.46. The lowest BCUT2D eigenvalue weighted by Crippen LogP contribution is -2.50. The molecule has 2 fully saturated rings. The molecule has 3 heterocycles. The summed E-state index contributed by atoms with van der Waals surface area (Å²) >= 11 is 0. The van der Waals surface area contributed by atoms with Gasteiger partial charge in [0, 0.05) is 49.7 Å². The molecule has 1 aliphatic carbocycles. The Morgan fingerprint density at radius 2 is 1.76 bits per heavy atom. The van der Waals surface area contributed by atoms with E-state index >= 15 is 0 Å². The summed E-state index contributed by atoms with van der Waals surface area (Å²) in [4.78, 5) is 31.9. The van der Waals surface area contributed by atoms with Crippen molar-refractivity contribution in [1.29, 1.82) is 0 Å². The molecule has 3 aliphatic rings. The van der Waals surface area contributed by atoms with Gasteiger partial charge in [0.2, 0.25) is 5.91 Å². The molecule has 37 heavy (non-hydrogen) atoms. The molecule has 0 spiro atoms. The summed E-state index contributed by atoms with van der Waals surface area (Å²) in [5.41, 5.74) is 4.68. The monoisotopic (exact) mass is 515 g/mol. The first-order chi connectivity index (χ1) is 17.7. The Morgan fingerprint density at radius 3 is 2.49 bits per heavy atom. The fraction of sp³-hybridized carbons (Fsp3) is 0.593. The highest BCUT2D eigenvalue weighted by Crippen LogP contribution is 2.28. The van der Waals surface area contributed by atoms with Gasteiger partial charge in [-0.05, 0) is 69.2 Å². The number of benzene rings is 1. The van der Waals surface area contributed by atoms with Crippen LogP contribution in [0.3, 0.4) is 0 Å². The van der Waals surface area contributed by atoms with Gasteiger partial charge in [-0.15, -0.1) is 0 Å². The molecule has 5 rings (SSSR count). The van der Waals surface area contributed by atoms with E-state index in [0.717, 1.165) is 48.2 Å². The van der Waals surface area contributed by atoms with Gasteiger partial charge in [0.05, 0.1) is 12.6 Å². The van der Waals surface area contributed by atoms with Crippen LogP contribution in [0.25, 0.3) is 0 Å². The van der Waals surface area contributed by atoms with E-state index in [2.05, 4.69) is 10.00 Å². The number of carbonyl (C=O) groups excluding carboxylic acids is 2. The molecule has 2 aromatic rings. The van der Waals surface area contributed by atoms with Gasteiger partial charge >= 0.3 is 0 Å². The molecule has 8 nitrogen and oxygen atoms in total. The van der Waals surface area contributed by atoms with E-state index in [1.807, 2.05) is 11.8 Å². The van der Waals surface area contributed by atoms with Gasteiger partial charge in [-0.3, -0.25) is 14.3 Å². The van der Waals surface area contributed by atoms with Crippen LogP contribution in [0.1, 0.15) is 52.1 Å². The number of anilines is 1. The van der Waals surface area contributed by atoms with Gasteiger partial charge in [0.1, 0.15) is 18.5 Å². The lowest BCUT2D eigenvalue weighted by molar-refractivity contribution is -0.132. The molecule has 1 N–H and O–H groups in total. The fourth-order valence-corrected chi connectivity index (χ4v) is 5.74. The van der Waals surface area contributed by atoms with Crippen LogP contribution in [0.15, 0.2) is 12.1 Å². The van der Waals surface area contributed by atoms with Crippen LogP contribution in [0.5, 0.6) is 0 Å². The Balaban J connectivity index is 1.27. The first kappa shape index (κ1) is 25.6. The number of piperazine rings is 1. The normalized spacial score (nSPS) is 22.2. The fourth-order valence-electron chi connectivity index (χ4n) is 5.74. The molecule has 2 amide bonds. The Bertz CT molecular complexity index is 1190. The van der Waals surface area contributed by atoms with Gasteiger partial charge < -0.3 is 19.8 Å². The molecular weight excluding hydrogens is 480 g/mol. The van der Waals surface area contributed by atoms with Crippen LogP contribution in [-0.2, 0) is 24.2 Å². The third-order valence-electron chi connectivity index (χ3n) is 8.20. The molecule has 2 saturated heterocycles. The standard InChI is InChI=1S/C27H35F2N5O3/c1-17-18(2)22(8-7-20(17)28)31-11-13-32(14-12-31)25(36)16-34-23-6-4-3-5-19(23)26(30-34)27(37)33-10-9-24(35)21(29)15-33/h7-8,21,24,35H,3-6,9-16H2,1-2H3/t21-,24+/m0/s1. The van der Waals surface area contributed by atoms with Crippen LogP contribution in [0.2, 0.25) is 0 Å². The number of hydrogen-bond acceptors (Lipinski definition) is 5. The Kier molecular flexibility index (Phi) is 7.20. The summed E-state index contributed by atoms with van der Waals surface area (Å²) in [5, 5.41) is 14.3. The van der Waals surface area contributed by atoms with E-state index in [1.54, 1.807) is 17.7 Å². The number of fused-ring (bicyclic) bond motifs is 1. The summed E-state index contributed by atoms with van der Waals surface area (Å²) in [7, 11) is 0. The predicted molar refractivity (Wildman–Crippen MR) is 135 cm³/mol. The zero-order chi connectivity index (χ0) is 26.3. The SMILES string of the molecule is Cc1c(F)ccc(N2CCN(C(=O)Cn3nc(C(=O)N4CC[C@@H](O)[C@@H](F)C4)c4c3CCCC4)CC2)c1C. The van der Waals surface area contributed by atoms with Crippen LogP contribution < -0.4 is 4.90 Å². The third-order valence-corrected chi connectivity index (χ3v) is 8.20. The summed E-state index contributed by atoms with van der Waals surface area (Å²) in [6.07, 6.45) is 1.10. The van der Waals surface area contributed by atoms with E-state index in [-0.39, 0.29) is 43.7 Å². The van der Waals surface area contributed by atoms with E-state index in [4.69, 9.17) is 0 Å². The molecule has 0 radical (unpaired) electrons. The van der Waals surface area contributed by atoms with E-state index < -0.39 is 12.3 Å². The molecule has 2 aliphatic heterocycles. The number of rotatable bonds is 4. The zero-order valence-corrected chi connectivity index (χ0v) is 21.6. The number of hydrogen-bond donors (Lipinski definition) is 1. The van der Waals surface area contributed by atoms with E-state index in [0.29, 0.717) is 37.4 Å². The topological polar surface area (TPSA) is 81.9 Å². The van der Waals surface area contributed by atoms with Crippen molar-refractivity contribution in [2.45, 2.75) is 64.8 Å². The number of halogens is 2. The largest absolute Gasteiger partial charge is 0.390 e. The van der Waals surface area contributed by atoms with Gasteiger partial charge in [-0.1, -0.05) is 0 Å². The second-order valence-corrected chi connectivity index (χ2v) is 10.4. The van der Waals surface area contributed by atoms with Crippen LogP contribution >= 0.6 is 0 Å². The smallest absolute Gasteiger partial charge is 0.274 e. The van der Waals surface area contributed by atoms with Crippen molar-refractivity contribution < 1.29 is 23.5 Å². The second-order valence-electron chi connectivity index (χ2n) is 10.4. The number of carbonyl (C=O) groups is 2. The van der Waals surface area contributed by atoms with Gasteiger partial charge in [0.25, 0.3) is 5.91 Å². The first-order valence-corrected chi connectivity index (χ1v) is 13.2. The lowest BCUT2D eigenvalue weighted by atomic mass is 9.95. The van der Waals surface area contributed by atoms with Gasteiger partial charge in [-0.25, -0.2) is 8.78 Å².